The van der Waals surface area contributed by atoms with Gasteiger partial charge in [0, 0.05) is 19.3 Å². The van der Waals surface area contributed by atoms with E-state index in [1.807, 2.05) is 19.2 Å². The van der Waals surface area contributed by atoms with Gasteiger partial charge in [0.15, 0.2) is 0 Å². The average Bonchev–Trinajstić information content (AvgIpc) is 3.04. The lowest BCUT2D eigenvalue weighted by Crippen LogP contribution is -2.41. The Bertz CT molecular complexity index is 520. The maximum absolute atomic E-state index is 12.3. The minimum absolute atomic E-state index is 0.115. The van der Waals surface area contributed by atoms with Crippen molar-refractivity contribution < 1.29 is 4.79 Å². The van der Waals surface area contributed by atoms with Gasteiger partial charge in [0.25, 0.3) is 0 Å². The average molecular weight is 274 g/mol. The van der Waals surface area contributed by atoms with E-state index in [2.05, 4.69) is 15.5 Å². The minimum atomic E-state index is -0.169. The van der Waals surface area contributed by atoms with Crippen LogP contribution in [0.15, 0.2) is 12.2 Å². The fraction of sp³-hybridized carbons (Fsp3) is 0.600. The maximum Gasteiger partial charge on any atom is 0.243 e. The van der Waals surface area contributed by atoms with Crippen molar-refractivity contribution in [2.45, 2.75) is 44.7 Å². The SMILES string of the molecule is CN(Cc1n[nH]c2c1CCCCC2)C(=O)C1C=CCN1. The van der Waals surface area contributed by atoms with Crippen molar-refractivity contribution in [2.24, 2.45) is 0 Å². The number of nitrogens with zero attached hydrogens (tertiary/aromatic N) is 2. The molecule has 0 fully saturated rings. The van der Waals surface area contributed by atoms with Crippen molar-refractivity contribution in [2.75, 3.05) is 13.6 Å². The van der Waals surface area contributed by atoms with Gasteiger partial charge in [-0.25, -0.2) is 0 Å². The Labute approximate surface area is 119 Å². The normalized spacial score (nSPS) is 21.6. The van der Waals surface area contributed by atoms with Crippen molar-refractivity contribution in [3.05, 3.63) is 29.1 Å². The monoisotopic (exact) mass is 274 g/mol. The van der Waals surface area contributed by atoms with Crippen LogP contribution in [0.25, 0.3) is 0 Å². The molecule has 1 unspecified atom stereocenters. The van der Waals surface area contributed by atoms with Crippen LogP contribution >= 0.6 is 0 Å². The Morgan fingerprint density at radius 1 is 1.40 bits per heavy atom. The molecule has 0 saturated carbocycles. The highest BCUT2D eigenvalue weighted by atomic mass is 16.2. The summed E-state index contributed by atoms with van der Waals surface area (Å²) in [6.07, 6.45) is 9.86. The van der Waals surface area contributed by atoms with E-state index in [1.165, 1.54) is 30.5 Å². The molecular formula is C15H22N4O. The summed E-state index contributed by atoms with van der Waals surface area (Å²) in [6.45, 7) is 1.37. The van der Waals surface area contributed by atoms with Gasteiger partial charge in [-0.15, -0.1) is 0 Å². The quantitative estimate of drug-likeness (QED) is 0.642. The van der Waals surface area contributed by atoms with E-state index in [0.717, 1.165) is 25.1 Å². The first-order valence-corrected chi connectivity index (χ1v) is 7.45. The van der Waals surface area contributed by atoms with Crippen LogP contribution in [0.2, 0.25) is 0 Å². The zero-order valence-corrected chi connectivity index (χ0v) is 12.0. The van der Waals surface area contributed by atoms with Crippen LogP contribution in [-0.2, 0) is 24.2 Å². The van der Waals surface area contributed by atoms with Crippen molar-refractivity contribution in [3.8, 4) is 0 Å². The molecule has 1 amide bonds. The van der Waals surface area contributed by atoms with Gasteiger partial charge in [-0.2, -0.15) is 5.10 Å². The van der Waals surface area contributed by atoms with E-state index < -0.39 is 0 Å². The van der Waals surface area contributed by atoms with Crippen LogP contribution in [0.1, 0.15) is 36.2 Å². The number of likely N-dealkylation sites (N-methyl/N-ethyl adjacent to an activating group) is 1. The summed E-state index contributed by atoms with van der Waals surface area (Å²) in [5, 5.41) is 10.8. The molecule has 108 valence electrons. The second-order valence-electron chi connectivity index (χ2n) is 5.70. The number of hydrogen-bond donors (Lipinski definition) is 2. The van der Waals surface area contributed by atoms with Gasteiger partial charge in [0.1, 0.15) is 6.04 Å². The van der Waals surface area contributed by atoms with Gasteiger partial charge >= 0.3 is 0 Å². The van der Waals surface area contributed by atoms with Crippen LogP contribution in [0.4, 0.5) is 0 Å². The third kappa shape index (κ3) is 2.63. The zero-order valence-electron chi connectivity index (χ0n) is 12.0. The Balaban J connectivity index is 1.69. The van der Waals surface area contributed by atoms with Gasteiger partial charge in [0.05, 0.1) is 12.2 Å². The molecule has 20 heavy (non-hydrogen) atoms. The van der Waals surface area contributed by atoms with Gasteiger partial charge in [-0.3, -0.25) is 15.2 Å². The van der Waals surface area contributed by atoms with E-state index in [0.29, 0.717) is 6.54 Å². The van der Waals surface area contributed by atoms with E-state index in [1.54, 1.807) is 4.90 Å². The number of H-pyrrole nitrogens is 1. The Morgan fingerprint density at radius 2 is 2.25 bits per heavy atom. The summed E-state index contributed by atoms with van der Waals surface area (Å²) in [7, 11) is 1.86. The fourth-order valence-electron chi connectivity index (χ4n) is 3.03. The molecule has 1 aromatic rings. The van der Waals surface area contributed by atoms with Crippen molar-refractivity contribution in [1.82, 2.24) is 20.4 Å². The molecule has 2 N–H and O–H groups in total. The fourth-order valence-corrected chi connectivity index (χ4v) is 3.03. The number of aromatic amines is 1. The molecule has 0 bridgehead atoms. The number of hydrogen-bond acceptors (Lipinski definition) is 3. The third-order valence-corrected chi connectivity index (χ3v) is 4.21. The minimum Gasteiger partial charge on any atom is -0.338 e. The number of rotatable bonds is 3. The summed E-state index contributed by atoms with van der Waals surface area (Å²) in [5.41, 5.74) is 3.66. The molecule has 0 aromatic carbocycles. The molecule has 0 radical (unpaired) electrons. The number of carbonyl (C=O) groups is 1. The molecular weight excluding hydrogens is 252 g/mol. The molecule has 2 aliphatic rings. The summed E-state index contributed by atoms with van der Waals surface area (Å²) in [5.74, 6) is 0.115. The zero-order chi connectivity index (χ0) is 13.9. The number of amides is 1. The van der Waals surface area contributed by atoms with Gasteiger partial charge < -0.3 is 4.90 Å². The van der Waals surface area contributed by atoms with Crippen LogP contribution < -0.4 is 5.32 Å². The molecule has 5 nitrogen and oxygen atoms in total. The van der Waals surface area contributed by atoms with Crippen molar-refractivity contribution >= 4 is 5.91 Å². The molecule has 1 aliphatic carbocycles. The smallest absolute Gasteiger partial charge is 0.243 e. The van der Waals surface area contributed by atoms with E-state index in [4.69, 9.17) is 0 Å². The van der Waals surface area contributed by atoms with Crippen molar-refractivity contribution in [1.29, 1.82) is 0 Å². The van der Waals surface area contributed by atoms with Crippen LogP contribution in [0.5, 0.6) is 0 Å². The van der Waals surface area contributed by atoms with Crippen LogP contribution in [0, 0.1) is 0 Å². The lowest BCUT2D eigenvalue weighted by Gasteiger charge is -2.20. The summed E-state index contributed by atoms with van der Waals surface area (Å²) in [6, 6.07) is -0.169. The van der Waals surface area contributed by atoms with E-state index in [-0.39, 0.29) is 11.9 Å². The summed E-state index contributed by atoms with van der Waals surface area (Å²) < 4.78 is 0. The molecule has 1 aromatic heterocycles. The first-order valence-electron chi connectivity index (χ1n) is 7.45. The standard InChI is InChI=1S/C15H22N4O/c1-19(15(20)13-8-5-9-16-13)10-14-11-6-3-2-4-7-12(11)17-18-14/h5,8,13,16H,2-4,6-7,9-10H2,1H3,(H,17,18). The summed E-state index contributed by atoms with van der Waals surface area (Å²) in [4.78, 5) is 14.1. The lowest BCUT2D eigenvalue weighted by molar-refractivity contribution is -0.131. The van der Waals surface area contributed by atoms with Gasteiger partial charge in [0.2, 0.25) is 5.91 Å². The summed E-state index contributed by atoms with van der Waals surface area (Å²) >= 11 is 0. The molecule has 0 saturated heterocycles. The third-order valence-electron chi connectivity index (χ3n) is 4.21. The van der Waals surface area contributed by atoms with Crippen molar-refractivity contribution in [3.63, 3.8) is 0 Å². The number of aryl methyl sites for hydroxylation is 1. The lowest BCUT2D eigenvalue weighted by atomic mass is 10.1. The Hall–Kier alpha value is -1.62. The van der Waals surface area contributed by atoms with Gasteiger partial charge in [-0.05, 0) is 31.2 Å². The molecule has 2 heterocycles. The van der Waals surface area contributed by atoms with E-state index in [9.17, 15) is 4.79 Å². The predicted octanol–water partition coefficient (Wildman–Crippen LogP) is 1.16. The first-order chi connectivity index (χ1) is 9.75. The Morgan fingerprint density at radius 3 is 3.05 bits per heavy atom. The molecule has 1 atom stereocenters. The molecule has 0 spiro atoms. The highest BCUT2D eigenvalue weighted by Gasteiger charge is 2.23. The second kappa shape index (κ2) is 5.79. The first kappa shape index (κ1) is 13.4. The largest absolute Gasteiger partial charge is 0.338 e. The molecule has 3 rings (SSSR count). The number of fused-ring (bicyclic) bond motifs is 1. The maximum atomic E-state index is 12.3. The number of aromatic nitrogens is 2. The Kier molecular flexibility index (Phi) is 3.87. The topological polar surface area (TPSA) is 61.0 Å². The predicted molar refractivity (Wildman–Crippen MR) is 77.3 cm³/mol. The highest BCUT2D eigenvalue weighted by Crippen LogP contribution is 2.22. The van der Waals surface area contributed by atoms with E-state index >= 15 is 0 Å². The second-order valence-corrected chi connectivity index (χ2v) is 5.70. The van der Waals surface area contributed by atoms with Crippen LogP contribution in [0.3, 0.4) is 0 Å². The molecule has 1 aliphatic heterocycles. The number of nitrogens with one attached hydrogen (secondary N) is 2. The molecule has 5 heteroatoms. The highest BCUT2D eigenvalue weighted by molar-refractivity contribution is 5.84. The number of carbonyl (C=O) groups excluding carboxylic acids is 1. The van der Waals surface area contributed by atoms with Crippen LogP contribution in [-0.4, -0.2) is 40.6 Å². The van der Waals surface area contributed by atoms with Gasteiger partial charge in [-0.1, -0.05) is 18.6 Å².